The van der Waals surface area contributed by atoms with Crippen molar-refractivity contribution in [3.05, 3.63) is 35.4 Å². The second kappa shape index (κ2) is 6.10. The third-order valence-corrected chi connectivity index (χ3v) is 3.50. The van der Waals surface area contributed by atoms with E-state index < -0.39 is 11.6 Å². The Labute approximate surface area is 101 Å². The quantitative estimate of drug-likeness (QED) is 0.846. The van der Waals surface area contributed by atoms with Crippen LogP contribution in [-0.4, -0.2) is 6.54 Å². The summed E-state index contributed by atoms with van der Waals surface area (Å²) >= 11 is 0. The Morgan fingerprint density at radius 2 is 1.88 bits per heavy atom. The summed E-state index contributed by atoms with van der Waals surface area (Å²) in [5, 5.41) is 3.23. The molecule has 3 heteroatoms. The second-order valence-corrected chi connectivity index (χ2v) is 4.85. The molecule has 0 heterocycles. The molecule has 0 spiro atoms. The van der Waals surface area contributed by atoms with Crippen molar-refractivity contribution in [3.8, 4) is 0 Å². The highest BCUT2D eigenvalue weighted by atomic mass is 19.2. The average Bonchev–Trinajstić information content (AvgIpc) is 2.36. The molecule has 1 N–H and O–H groups in total. The number of rotatable bonds is 4. The molecule has 2 rings (SSSR count). The fourth-order valence-electron chi connectivity index (χ4n) is 2.49. The first kappa shape index (κ1) is 12.5. The van der Waals surface area contributed by atoms with Gasteiger partial charge in [-0.1, -0.05) is 31.4 Å². The summed E-state index contributed by atoms with van der Waals surface area (Å²) < 4.78 is 26.3. The van der Waals surface area contributed by atoms with E-state index in [9.17, 15) is 8.78 Å². The van der Waals surface area contributed by atoms with Gasteiger partial charge in [0.2, 0.25) is 0 Å². The summed E-state index contributed by atoms with van der Waals surface area (Å²) in [6.07, 6.45) is 6.48. The molecule has 0 saturated heterocycles. The molecule has 1 aliphatic rings. The van der Waals surface area contributed by atoms with Crippen molar-refractivity contribution in [1.29, 1.82) is 0 Å². The molecule has 0 unspecified atom stereocenters. The van der Waals surface area contributed by atoms with Crippen LogP contribution >= 0.6 is 0 Å². The van der Waals surface area contributed by atoms with Gasteiger partial charge >= 0.3 is 0 Å². The Kier molecular flexibility index (Phi) is 4.49. The fourth-order valence-corrected chi connectivity index (χ4v) is 2.49. The van der Waals surface area contributed by atoms with Gasteiger partial charge in [0.15, 0.2) is 11.6 Å². The van der Waals surface area contributed by atoms with E-state index in [4.69, 9.17) is 0 Å². The minimum absolute atomic E-state index is 0.417. The highest BCUT2D eigenvalue weighted by Gasteiger charge is 2.13. The van der Waals surface area contributed by atoms with Crippen molar-refractivity contribution in [3.63, 3.8) is 0 Å². The monoisotopic (exact) mass is 239 g/mol. The number of hydrogen-bond donors (Lipinski definition) is 1. The first-order valence-corrected chi connectivity index (χ1v) is 6.41. The zero-order chi connectivity index (χ0) is 12.1. The highest BCUT2D eigenvalue weighted by molar-refractivity contribution is 5.18. The summed E-state index contributed by atoms with van der Waals surface area (Å²) in [5.41, 5.74) is 0.417. The molecule has 1 fully saturated rings. The van der Waals surface area contributed by atoms with E-state index in [0.717, 1.165) is 12.6 Å². The summed E-state index contributed by atoms with van der Waals surface area (Å²) in [5.74, 6) is -0.772. The molecule has 0 bridgehead atoms. The molecule has 0 atom stereocenters. The van der Waals surface area contributed by atoms with Gasteiger partial charge in [0.05, 0.1) is 0 Å². The van der Waals surface area contributed by atoms with Crippen molar-refractivity contribution in [2.45, 2.75) is 38.6 Å². The lowest BCUT2D eigenvalue weighted by molar-refractivity contribution is 0.341. The first-order chi connectivity index (χ1) is 8.27. The van der Waals surface area contributed by atoms with Crippen LogP contribution in [0.5, 0.6) is 0 Å². The van der Waals surface area contributed by atoms with Crippen LogP contribution in [0, 0.1) is 17.6 Å². The van der Waals surface area contributed by atoms with E-state index in [1.165, 1.54) is 32.1 Å². The molecule has 1 aromatic carbocycles. The fraction of sp³-hybridized carbons (Fsp3) is 0.571. The molecule has 0 aromatic heterocycles. The summed E-state index contributed by atoms with van der Waals surface area (Å²) in [6, 6.07) is 4.34. The van der Waals surface area contributed by atoms with E-state index in [1.54, 1.807) is 12.1 Å². The lowest BCUT2D eigenvalue weighted by Gasteiger charge is -2.21. The van der Waals surface area contributed by atoms with Crippen molar-refractivity contribution >= 4 is 0 Å². The third kappa shape index (κ3) is 3.50. The summed E-state index contributed by atoms with van der Waals surface area (Å²) in [4.78, 5) is 0. The Hall–Kier alpha value is -0.960. The third-order valence-electron chi connectivity index (χ3n) is 3.50. The maximum absolute atomic E-state index is 13.4. The van der Waals surface area contributed by atoms with E-state index in [0.29, 0.717) is 18.0 Å². The number of hydrogen-bond acceptors (Lipinski definition) is 1. The molecule has 94 valence electrons. The Morgan fingerprint density at radius 1 is 1.12 bits per heavy atom. The van der Waals surface area contributed by atoms with Gasteiger partial charge in [-0.3, -0.25) is 0 Å². The molecule has 0 aliphatic heterocycles. The highest BCUT2D eigenvalue weighted by Crippen LogP contribution is 2.22. The number of nitrogens with one attached hydrogen (secondary N) is 1. The van der Waals surface area contributed by atoms with Gasteiger partial charge in [0, 0.05) is 12.1 Å². The zero-order valence-corrected chi connectivity index (χ0v) is 10.0. The molecular formula is C14H19F2N. The maximum Gasteiger partial charge on any atom is 0.163 e. The smallest absolute Gasteiger partial charge is 0.163 e. The predicted molar refractivity (Wildman–Crippen MR) is 64.6 cm³/mol. The van der Waals surface area contributed by atoms with Gasteiger partial charge in [0.25, 0.3) is 0 Å². The van der Waals surface area contributed by atoms with Crippen LogP contribution < -0.4 is 5.32 Å². The Morgan fingerprint density at radius 3 is 2.65 bits per heavy atom. The lowest BCUT2D eigenvalue weighted by Crippen LogP contribution is -2.24. The van der Waals surface area contributed by atoms with Crippen LogP contribution in [0.1, 0.15) is 37.7 Å². The minimum Gasteiger partial charge on any atom is -0.312 e. The standard InChI is InChI=1S/C14H19F2N/c15-13-8-4-7-12(14(13)16)10-17-9-11-5-2-1-3-6-11/h4,7-8,11,17H,1-3,5-6,9-10H2. The topological polar surface area (TPSA) is 12.0 Å². The molecule has 1 aliphatic carbocycles. The second-order valence-electron chi connectivity index (χ2n) is 4.85. The van der Waals surface area contributed by atoms with Crippen LogP contribution in [0.4, 0.5) is 8.78 Å². The van der Waals surface area contributed by atoms with Crippen molar-refractivity contribution < 1.29 is 8.78 Å². The van der Waals surface area contributed by atoms with Crippen LogP contribution in [0.3, 0.4) is 0 Å². The zero-order valence-electron chi connectivity index (χ0n) is 10.0. The number of benzene rings is 1. The van der Waals surface area contributed by atoms with Crippen LogP contribution in [0.2, 0.25) is 0 Å². The van der Waals surface area contributed by atoms with Gasteiger partial charge in [-0.2, -0.15) is 0 Å². The SMILES string of the molecule is Fc1cccc(CNCC2CCCCC2)c1F. The summed E-state index contributed by atoms with van der Waals surface area (Å²) in [7, 11) is 0. The molecule has 1 aromatic rings. The lowest BCUT2D eigenvalue weighted by atomic mass is 9.89. The summed E-state index contributed by atoms with van der Waals surface area (Å²) in [6.45, 7) is 1.33. The van der Waals surface area contributed by atoms with E-state index >= 15 is 0 Å². The number of halogens is 2. The van der Waals surface area contributed by atoms with Crippen molar-refractivity contribution in [2.24, 2.45) is 5.92 Å². The maximum atomic E-state index is 13.4. The van der Waals surface area contributed by atoms with Crippen LogP contribution in [0.15, 0.2) is 18.2 Å². The van der Waals surface area contributed by atoms with Gasteiger partial charge < -0.3 is 5.32 Å². The van der Waals surface area contributed by atoms with Crippen molar-refractivity contribution in [2.75, 3.05) is 6.54 Å². The molecule has 0 amide bonds. The average molecular weight is 239 g/mol. The molecule has 0 radical (unpaired) electrons. The first-order valence-electron chi connectivity index (χ1n) is 6.41. The van der Waals surface area contributed by atoms with Gasteiger partial charge in [-0.15, -0.1) is 0 Å². The van der Waals surface area contributed by atoms with E-state index in [2.05, 4.69) is 5.32 Å². The molecule has 17 heavy (non-hydrogen) atoms. The van der Waals surface area contributed by atoms with E-state index in [1.807, 2.05) is 0 Å². The molecular weight excluding hydrogens is 220 g/mol. The van der Waals surface area contributed by atoms with Gasteiger partial charge in [-0.25, -0.2) is 8.78 Å². The minimum atomic E-state index is -0.762. The van der Waals surface area contributed by atoms with Gasteiger partial charge in [0.1, 0.15) is 0 Å². The normalized spacial score (nSPS) is 17.3. The Balaban J connectivity index is 1.79. The van der Waals surface area contributed by atoms with Crippen LogP contribution in [0.25, 0.3) is 0 Å². The molecule has 1 saturated carbocycles. The predicted octanol–water partition coefficient (Wildman–Crippen LogP) is 3.63. The van der Waals surface area contributed by atoms with Crippen molar-refractivity contribution in [1.82, 2.24) is 5.32 Å². The Bertz CT molecular complexity index is 359. The van der Waals surface area contributed by atoms with Gasteiger partial charge in [-0.05, 0) is 31.4 Å². The molecule has 1 nitrogen and oxygen atoms in total. The van der Waals surface area contributed by atoms with Crippen LogP contribution in [-0.2, 0) is 6.54 Å². The van der Waals surface area contributed by atoms with E-state index in [-0.39, 0.29) is 0 Å². The largest absolute Gasteiger partial charge is 0.312 e.